The maximum atomic E-state index is 4.77. The van der Waals surface area contributed by atoms with Gasteiger partial charge in [-0.05, 0) is 126 Å². The summed E-state index contributed by atoms with van der Waals surface area (Å²) in [6.45, 7) is 17.7. The minimum Gasteiger partial charge on any atom is -0.378 e. The minimum absolute atomic E-state index is 0.551. The number of hydrogen-bond donors (Lipinski definition) is 0. The van der Waals surface area contributed by atoms with Crippen LogP contribution in [0.4, 0.5) is 5.69 Å². The molecule has 4 rings (SSSR count). The molecule has 0 N–H and O–H groups in total. The van der Waals surface area contributed by atoms with Gasteiger partial charge in [-0.25, -0.2) is 0 Å². The zero-order valence-corrected chi connectivity index (χ0v) is 25.0. The molecule has 1 aliphatic heterocycles. The third-order valence-electron chi connectivity index (χ3n) is 9.22. The van der Waals surface area contributed by atoms with Crippen molar-refractivity contribution in [2.45, 2.75) is 65.2 Å². The summed E-state index contributed by atoms with van der Waals surface area (Å²) in [5.74, 6) is 2.66. The van der Waals surface area contributed by atoms with Gasteiger partial charge in [0.15, 0.2) is 0 Å². The Morgan fingerprint density at radius 2 is 1.90 bits per heavy atom. The van der Waals surface area contributed by atoms with Gasteiger partial charge in [-0.2, -0.15) is 0 Å². The van der Waals surface area contributed by atoms with Gasteiger partial charge in [0.1, 0.15) is 0 Å². The maximum Gasteiger partial charge on any atom is 0.0600 e. The molecule has 1 saturated heterocycles. The summed E-state index contributed by atoms with van der Waals surface area (Å²) in [5, 5.41) is 0. The van der Waals surface area contributed by atoms with Gasteiger partial charge in [-0.1, -0.05) is 27.0 Å². The van der Waals surface area contributed by atoms with Gasteiger partial charge >= 0.3 is 0 Å². The van der Waals surface area contributed by atoms with Crippen LogP contribution in [0.2, 0.25) is 0 Å². The summed E-state index contributed by atoms with van der Waals surface area (Å²) in [7, 11) is 4.36. The third-order valence-corrected chi connectivity index (χ3v) is 9.22. The van der Waals surface area contributed by atoms with Gasteiger partial charge in [0.05, 0.1) is 11.9 Å². The Kier molecular flexibility index (Phi) is 10.6. The van der Waals surface area contributed by atoms with E-state index < -0.39 is 0 Å². The van der Waals surface area contributed by atoms with Crippen molar-refractivity contribution < 1.29 is 0 Å². The Bertz CT molecular complexity index is 1070. The summed E-state index contributed by atoms with van der Waals surface area (Å²) >= 11 is 0. The highest BCUT2D eigenvalue weighted by molar-refractivity contribution is 5.68. The van der Waals surface area contributed by atoms with E-state index in [9.17, 15) is 0 Å². The lowest BCUT2D eigenvalue weighted by atomic mass is 9.78. The monoisotopic (exact) mass is 529 g/mol. The molecular formula is C34H51N5. The van der Waals surface area contributed by atoms with Crippen LogP contribution in [0.1, 0.15) is 64.5 Å². The average Bonchev–Trinajstić information content (AvgIpc) is 2.96. The zero-order chi connectivity index (χ0) is 27.8. The van der Waals surface area contributed by atoms with Crippen molar-refractivity contribution in [3.8, 4) is 11.1 Å². The highest BCUT2D eigenvalue weighted by atomic mass is 15.2. The molecule has 2 aliphatic rings. The van der Waals surface area contributed by atoms with Crippen LogP contribution in [-0.4, -0.2) is 60.0 Å². The van der Waals surface area contributed by atoms with Gasteiger partial charge in [0.25, 0.3) is 0 Å². The highest BCUT2D eigenvalue weighted by Crippen LogP contribution is 2.39. The lowest BCUT2D eigenvalue weighted by Gasteiger charge is -2.42. The van der Waals surface area contributed by atoms with E-state index in [2.05, 4.69) is 72.4 Å². The highest BCUT2D eigenvalue weighted by Gasteiger charge is 2.31. The summed E-state index contributed by atoms with van der Waals surface area (Å²) < 4.78 is 0. The molecule has 0 spiro atoms. The van der Waals surface area contributed by atoms with E-state index in [4.69, 9.17) is 11.6 Å². The van der Waals surface area contributed by atoms with Crippen molar-refractivity contribution in [2.24, 2.45) is 23.7 Å². The Labute approximate surface area is 238 Å². The number of likely N-dealkylation sites (tertiary alicyclic amines) is 1. The number of allylic oxidation sites excluding steroid dienone is 1. The second kappa shape index (κ2) is 14.1. The van der Waals surface area contributed by atoms with Crippen LogP contribution in [-0.2, 0) is 6.42 Å². The standard InChI is InChI=1S/C34H51N5/c1-7-33-20-30(15-17-36-33)32-21-34(23-35-22-32)39(25-31-16-19-38(8-2)24-26(31)3)27(4)29-13-11-28(12-14-29)10-9-18-37(5)6/h8,15,17,20-23,26,28-29,31H,2,4,7,9-14,16,18-19,24-25H2,1,3,5-6H3. The first-order valence-electron chi connectivity index (χ1n) is 15.3. The molecule has 0 bridgehead atoms. The van der Waals surface area contributed by atoms with E-state index in [1.807, 2.05) is 24.8 Å². The van der Waals surface area contributed by atoms with Crippen LogP contribution in [0.3, 0.4) is 0 Å². The fraction of sp³-hybridized carbons (Fsp3) is 0.588. The first-order chi connectivity index (χ1) is 18.9. The molecule has 2 aromatic heterocycles. The van der Waals surface area contributed by atoms with Gasteiger partial charge in [-0.3, -0.25) is 9.97 Å². The van der Waals surface area contributed by atoms with Crippen molar-refractivity contribution in [3.05, 3.63) is 67.5 Å². The first kappa shape index (κ1) is 29.3. The number of hydrogen-bond acceptors (Lipinski definition) is 5. The molecule has 1 aliphatic carbocycles. The Balaban J connectivity index is 1.53. The van der Waals surface area contributed by atoms with Gasteiger partial charge in [-0.15, -0.1) is 0 Å². The second-order valence-electron chi connectivity index (χ2n) is 12.3. The number of aromatic nitrogens is 2. The van der Waals surface area contributed by atoms with E-state index in [-0.39, 0.29) is 0 Å². The Morgan fingerprint density at radius 1 is 1.10 bits per heavy atom. The van der Waals surface area contributed by atoms with Crippen LogP contribution in [0.25, 0.3) is 11.1 Å². The van der Waals surface area contributed by atoms with Gasteiger partial charge in [0.2, 0.25) is 0 Å². The Morgan fingerprint density at radius 3 is 2.59 bits per heavy atom. The molecule has 39 heavy (non-hydrogen) atoms. The molecule has 2 atom stereocenters. The zero-order valence-electron chi connectivity index (χ0n) is 25.0. The molecule has 2 fully saturated rings. The Hall–Kier alpha value is -2.66. The van der Waals surface area contributed by atoms with E-state index in [1.165, 1.54) is 68.4 Å². The van der Waals surface area contributed by atoms with Gasteiger partial charge < -0.3 is 14.7 Å². The summed E-state index contributed by atoms with van der Waals surface area (Å²) in [6.07, 6.45) is 17.9. The minimum atomic E-state index is 0.551. The summed E-state index contributed by atoms with van der Waals surface area (Å²) in [5.41, 5.74) is 5.93. The lowest BCUT2D eigenvalue weighted by Crippen LogP contribution is -2.42. The lowest BCUT2D eigenvalue weighted by molar-refractivity contribution is 0.176. The fourth-order valence-corrected chi connectivity index (χ4v) is 6.57. The number of rotatable bonds is 12. The number of aryl methyl sites for hydroxylation is 1. The molecule has 212 valence electrons. The predicted molar refractivity (Wildman–Crippen MR) is 166 cm³/mol. The van der Waals surface area contributed by atoms with Crippen LogP contribution in [0.5, 0.6) is 0 Å². The largest absolute Gasteiger partial charge is 0.378 e. The normalized spacial score (nSPS) is 23.6. The van der Waals surface area contributed by atoms with Crippen molar-refractivity contribution in [2.75, 3.05) is 45.2 Å². The second-order valence-corrected chi connectivity index (χ2v) is 12.3. The molecular weight excluding hydrogens is 478 g/mol. The molecule has 0 aromatic carbocycles. The van der Waals surface area contributed by atoms with E-state index >= 15 is 0 Å². The molecule has 3 heterocycles. The molecule has 5 heteroatoms. The maximum absolute atomic E-state index is 4.77. The van der Waals surface area contributed by atoms with Crippen molar-refractivity contribution >= 4 is 5.69 Å². The van der Waals surface area contributed by atoms with Crippen molar-refractivity contribution in [1.82, 2.24) is 19.8 Å². The van der Waals surface area contributed by atoms with Crippen LogP contribution < -0.4 is 4.90 Å². The van der Waals surface area contributed by atoms with Crippen LogP contribution in [0.15, 0.2) is 61.8 Å². The molecule has 1 saturated carbocycles. The van der Waals surface area contributed by atoms with Crippen LogP contribution >= 0.6 is 0 Å². The smallest absolute Gasteiger partial charge is 0.0600 e. The first-order valence-corrected chi connectivity index (χ1v) is 15.3. The topological polar surface area (TPSA) is 35.5 Å². The molecule has 5 nitrogen and oxygen atoms in total. The fourth-order valence-electron chi connectivity index (χ4n) is 6.57. The SMILES string of the molecule is C=CN1CCC(CN(C(=C)C2CCC(CCCN(C)C)CC2)c2cncc(-c3ccnc(CC)c3)c2)C(C)C1. The molecule has 2 aromatic rings. The van der Waals surface area contributed by atoms with Crippen LogP contribution in [0, 0.1) is 23.7 Å². The quantitative estimate of drug-likeness (QED) is 0.289. The third kappa shape index (κ3) is 7.94. The number of pyridine rings is 2. The number of piperidine rings is 1. The number of anilines is 1. The van der Waals surface area contributed by atoms with E-state index in [0.717, 1.165) is 43.2 Å². The predicted octanol–water partition coefficient (Wildman–Crippen LogP) is 7.28. The molecule has 0 radical (unpaired) electrons. The van der Waals surface area contributed by atoms with Gasteiger partial charge in [0, 0.05) is 49.0 Å². The van der Waals surface area contributed by atoms with E-state index in [0.29, 0.717) is 17.8 Å². The van der Waals surface area contributed by atoms with E-state index in [1.54, 1.807) is 0 Å². The van der Waals surface area contributed by atoms with Crippen molar-refractivity contribution in [1.29, 1.82) is 0 Å². The molecule has 2 unspecified atom stereocenters. The average molecular weight is 530 g/mol. The number of nitrogens with zero attached hydrogens (tertiary/aromatic N) is 5. The summed E-state index contributed by atoms with van der Waals surface area (Å²) in [6, 6.07) is 6.62. The molecule has 0 amide bonds. The summed E-state index contributed by atoms with van der Waals surface area (Å²) in [4.78, 5) is 16.5. The van der Waals surface area contributed by atoms with Crippen molar-refractivity contribution in [3.63, 3.8) is 0 Å².